The molecule has 1 atom stereocenters. The van der Waals surface area contributed by atoms with Crippen LogP contribution in [0.4, 0.5) is 4.79 Å². The van der Waals surface area contributed by atoms with Crippen molar-refractivity contribution in [2.24, 2.45) is 0 Å². The third-order valence-electron chi connectivity index (χ3n) is 5.57. The summed E-state index contributed by atoms with van der Waals surface area (Å²) in [6, 6.07) is 14.0. The van der Waals surface area contributed by atoms with E-state index in [0.29, 0.717) is 18.7 Å². The third kappa shape index (κ3) is 4.71. The molecule has 2 aromatic carbocycles. The van der Waals surface area contributed by atoms with E-state index in [1.165, 1.54) is 11.1 Å². The number of piperidine rings is 1. The number of likely N-dealkylation sites (tertiary alicyclic amines) is 1. The second-order valence-electron chi connectivity index (χ2n) is 7.57. The maximum Gasteiger partial charge on any atom is 0.317 e. The van der Waals surface area contributed by atoms with Gasteiger partial charge in [-0.1, -0.05) is 30.3 Å². The first-order chi connectivity index (χ1) is 13.5. The minimum absolute atomic E-state index is 0.0352. The number of aryl methyl sites for hydroxylation is 2. The molecule has 0 bridgehead atoms. The highest BCUT2D eigenvalue weighted by Crippen LogP contribution is 2.27. The van der Waals surface area contributed by atoms with Crippen molar-refractivity contribution < 1.29 is 9.59 Å². The van der Waals surface area contributed by atoms with E-state index in [-0.39, 0.29) is 17.9 Å². The van der Waals surface area contributed by atoms with Crippen LogP contribution in [0.15, 0.2) is 42.5 Å². The van der Waals surface area contributed by atoms with Crippen molar-refractivity contribution in [3.63, 3.8) is 0 Å². The van der Waals surface area contributed by atoms with Crippen LogP contribution in [0.3, 0.4) is 0 Å². The molecule has 0 spiro atoms. The number of hydrogen-bond donors (Lipinski definition) is 2. The molecule has 0 unspecified atom stereocenters. The first-order valence-electron chi connectivity index (χ1n) is 9.89. The lowest BCUT2D eigenvalue weighted by molar-refractivity contribution is 0.0950. The highest BCUT2D eigenvalue weighted by Gasteiger charge is 2.24. The van der Waals surface area contributed by atoms with Crippen LogP contribution in [0.2, 0.25) is 0 Å². The fourth-order valence-corrected chi connectivity index (χ4v) is 3.72. The number of benzene rings is 2. The summed E-state index contributed by atoms with van der Waals surface area (Å²) in [6.45, 7) is 6.15. The van der Waals surface area contributed by atoms with Crippen LogP contribution in [0.1, 0.15) is 51.4 Å². The number of amides is 3. The molecule has 1 saturated heterocycles. The Morgan fingerprint density at radius 3 is 2.68 bits per heavy atom. The minimum Gasteiger partial charge on any atom is -0.348 e. The van der Waals surface area contributed by atoms with Gasteiger partial charge in [0.05, 0.1) is 0 Å². The van der Waals surface area contributed by atoms with Gasteiger partial charge in [0.1, 0.15) is 0 Å². The molecule has 148 valence electrons. The number of carbonyl (C=O) groups is 2. The van der Waals surface area contributed by atoms with Gasteiger partial charge in [0.25, 0.3) is 5.91 Å². The van der Waals surface area contributed by atoms with Gasteiger partial charge in [0.2, 0.25) is 0 Å². The molecular formula is C23H29N3O2. The van der Waals surface area contributed by atoms with Crippen molar-refractivity contribution in [1.29, 1.82) is 0 Å². The van der Waals surface area contributed by atoms with Gasteiger partial charge in [-0.15, -0.1) is 0 Å². The van der Waals surface area contributed by atoms with Crippen molar-refractivity contribution in [1.82, 2.24) is 15.5 Å². The first kappa shape index (κ1) is 19.9. The molecule has 3 rings (SSSR count). The number of nitrogens with one attached hydrogen (secondary N) is 2. The Morgan fingerprint density at radius 2 is 1.93 bits per heavy atom. The van der Waals surface area contributed by atoms with E-state index in [1.807, 2.05) is 23.1 Å². The fraction of sp³-hybridized carbons (Fsp3) is 0.391. The predicted molar refractivity (Wildman–Crippen MR) is 112 cm³/mol. The van der Waals surface area contributed by atoms with Gasteiger partial charge in [-0.2, -0.15) is 0 Å². The van der Waals surface area contributed by atoms with E-state index in [2.05, 4.69) is 48.7 Å². The van der Waals surface area contributed by atoms with Crippen molar-refractivity contribution in [3.8, 4) is 0 Å². The summed E-state index contributed by atoms with van der Waals surface area (Å²) in [5.74, 6) is 0.192. The maximum atomic E-state index is 12.6. The van der Waals surface area contributed by atoms with Gasteiger partial charge in [-0.3, -0.25) is 4.79 Å². The summed E-state index contributed by atoms with van der Waals surface area (Å²) in [6.07, 6.45) is 2.00. The normalized spacial score (nSPS) is 16.5. The summed E-state index contributed by atoms with van der Waals surface area (Å²) >= 11 is 0. The average molecular weight is 380 g/mol. The van der Waals surface area contributed by atoms with E-state index in [4.69, 9.17) is 0 Å². The molecule has 1 heterocycles. The Morgan fingerprint density at radius 1 is 1.11 bits per heavy atom. The van der Waals surface area contributed by atoms with Crippen LogP contribution >= 0.6 is 0 Å². The molecule has 0 aromatic heterocycles. The molecule has 0 aliphatic carbocycles. The largest absolute Gasteiger partial charge is 0.348 e. The van der Waals surface area contributed by atoms with Crippen molar-refractivity contribution in [3.05, 3.63) is 70.3 Å². The van der Waals surface area contributed by atoms with Crippen LogP contribution < -0.4 is 10.6 Å². The van der Waals surface area contributed by atoms with Crippen molar-refractivity contribution in [2.75, 3.05) is 20.1 Å². The summed E-state index contributed by atoms with van der Waals surface area (Å²) in [7, 11) is 1.66. The first-order valence-corrected chi connectivity index (χ1v) is 9.89. The lowest BCUT2D eigenvalue weighted by Gasteiger charge is -2.32. The Bertz CT molecular complexity index is 863. The van der Waals surface area contributed by atoms with E-state index in [1.54, 1.807) is 7.05 Å². The average Bonchev–Trinajstić information content (AvgIpc) is 2.74. The van der Waals surface area contributed by atoms with Crippen molar-refractivity contribution in [2.45, 2.75) is 39.2 Å². The Balaban J connectivity index is 1.65. The predicted octanol–water partition coefficient (Wildman–Crippen LogP) is 3.75. The van der Waals surface area contributed by atoms with E-state index >= 15 is 0 Å². The summed E-state index contributed by atoms with van der Waals surface area (Å²) in [5, 5.41) is 5.71. The van der Waals surface area contributed by atoms with Crippen LogP contribution in [0.25, 0.3) is 0 Å². The Kier molecular flexibility index (Phi) is 6.34. The van der Waals surface area contributed by atoms with E-state index in [9.17, 15) is 9.59 Å². The molecule has 5 heteroatoms. The molecule has 5 nitrogen and oxygen atoms in total. The van der Waals surface area contributed by atoms with Crippen molar-refractivity contribution >= 4 is 11.9 Å². The molecule has 2 aromatic rings. The zero-order valence-corrected chi connectivity index (χ0v) is 16.9. The smallest absolute Gasteiger partial charge is 0.317 e. The second kappa shape index (κ2) is 8.91. The highest BCUT2D eigenvalue weighted by atomic mass is 16.2. The Hall–Kier alpha value is -2.82. The molecule has 2 N–H and O–H groups in total. The van der Waals surface area contributed by atoms with Crippen LogP contribution in [-0.2, 0) is 6.54 Å². The molecule has 0 saturated carbocycles. The van der Waals surface area contributed by atoms with Crippen LogP contribution in [0.5, 0.6) is 0 Å². The molecular weight excluding hydrogens is 350 g/mol. The monoisotopic (exact) mass is 379 g/mol. The van der Waals surface area contributed by atoms with Gasteiger partial charge in [0, 0.05) is 38.2 Å². The van der Waals surface area contributed by atoms with Gasteiger partial charge >= 0.3 is 6.03 Å². The number of rotatable bonds is 4. The SMILES string of the molecule is CNC(=O)N1CCC[C@@H](c2cccc(C(=O)NCc3ccc(C)c(C)c3)c2)C1. The summed E-state index contributed by atoms with van der Waals surface area (Å²) in [5.41, 5.74) is 5.36. The standard InChI is InChI=1S/C23H29N3O2/c1-16-9-10-18(12-17(16)2)14-25-22(27)20-7-4-6-19(13-20)21-8-5-11-26(15-21)23(28)24-3/h4,6-7,9-10,12-13,21H,5,8,11,14-15H2,1-3H3,(H,24,28)(H,25,27)/t21-/m1/s1. The van der Waals surface area contributed by atoms with Crippen LogP contribution in [-0.4, -0.2) is 37.0 Å². The maximum absolute atomic E-state index is 12.6. The topological polar surface area (TPSA) is 61.4 Å². The van der Waals surface area contributed by atoms with Gasteiger partial charge in [0.15, 0.2) is 0 Å². The molecule has 1 aliphatic rings. The number of carbonyl (C=O) groups excluding carboxylic acids is 2. The molecule has 3 amide bonds. The van der Waals surface area contributed by atoms with E-state index in [0.717, 1.165) is 30.5 Å². The molecule has 1 aliphatic heterocycles. The zero-order chi connectivity index (χ0) is 20.1. The quantitative estimate of drug-likeness (QED) is 0.850. The number of hydrogen-bond acceptors (Lipinski definition) is 2. The third-order valence-corrected chi connectivity index (χ3v) is 5.57. The Labute approximate surface area is 167 Å². The van der Waals surface area contributed by atoms with Gasteiger partial charge in [-0.25, -0.2) is 4.79 Å². The zero-order valence-electron chi connectivity index (χ0n) is 16.9. The number of urea groups is 1. The molecule has 1 fully saturated rings. The fourth-order valence-electron chi connectivity index (χ4n) is 3.72. The lowest BCUT2D eigenvalue weighted by Crippen LogP contribution is -2.43. The van der Waals surface area contributed by atoms with E-state index < -0.39 is 0 Å². The molecule has 0 radical (unpaired) electrons. The summed E-state index contributed by atoms with van der Waals surface area (Å²) < 4.78 is 0. The van der Waals surface area contributed by atoms with Gasteiger partial charge < -0.3 is 15.5 Å². The second-order valence-corrected chi connectivity index (χ2v) is 7.57. The lowest BCUT2D eigenvalue weighted by atomic mass is 9.89. The highest BCUT2D eigenvalue weighted by molar-refractivity contribution is 5.94. The van der Waals surface area contributed by atoms with Gasteiger partial charge in [-0.05, 0) is 61.1 Å². The molecule has 28 heavy (non-hydrogen) atoms. The van der Waals surface area contributed by atoms with Crippen LogP contribution in [0, 0.1) is 13.8 Å². The summed E-state index contributed by atoms with van der Waals surface area (Å²) in [4.78, 5) is 26.4. The number of nitrogens with zero attached hydrogens (tertiary/aromatic N) is 1. The minimum atomic E-state index is -0.0703.